The Labute approximate surface area is 115 Å². The van der Waals surface area contributed by atoms with E-state index in [9.17, 15) is 20.0 Å². The molecule has 2 atom stereocenters. The van der Waals surface area contributed by atoms with E-state index >= 15 is 0 Å². The van der Waals surface area contributed by atoms with Crippen molar-refractivity contribution < 1.29 is 19.6 Å². The third kappa shape index (κ3) is 2.44. The van der Waals surface area contributed by atoms with E-state index in [0.717, 1.165) is 6.07 Å². The zero-order valence-electron chi connectivity index (χ0n) is 11.3. The van der Waals surface area contributed by atoms with Crippen molar-refractivity contribution in [2.75, 3.05) is 6.61 Å². The van der Waals surface area contributed by atoms with Crippen molar-refractivity contribution >= 4 is 11.6 Å². The molecule has 108 valence electrons. The summed E-state index contributed by atoms with van der Waals surface area (Å²) in [6, 6.07) is 3.86. The van der Waals surface area contributed by atoms with Crippen LogP contribution in [0.3, 0.4) is 0 Å². The molecule has 1 fully saturated rings. The van der Waals surface area contributed by atoms with Crippen LogP contribution >= 0.6 is 0 Å². The number of carbonyl (C=O) groups is 1. The fraction of sp³-hybridized carbons (Fsp3) is 0.462. The Morgan fingerprint density at radius 3 is 2.85 bits per heavy atom. The van der Waals surface area contributed by atoms with E-state index in [2.05, 4.69) is 5.32 Å². The van der Waals surface area contributed by atoms with Crippen LogP contribution in [0.1, 0.15) is 30.6 Å². The summed E-state index contributed by atoms with van der Waals surface area (Å²) in [6.45, 7) is 4.23. The Hall–Kier alpha value is -2.15. The van der Waals surface area contributed by atoms with Crippen LogP contribution in [-0.4, -0.2) is 34.2 Å². The molecule has 2 rings (SSSR count). The fourth-order valence-corrected chi connectivity index (χ4v) is 2.19. The highest BCUT2D eigenvalue weighted by atomic mass is 16.6. The van der Waals surface area contributed by atoms with E-state index in [1.54, 1.807) is 0 Å². The number of nitro benzene ring substituents is 1. The first kappa shape index (κ1) is 14.3. The molecule has 7 nitrogen and oxygen atoms in total. The second kappa shape index (κ2) is 5.09. The second-order valence-electron chi connectivity index (χ2n) is 5.07. The highest BCUT2D eigenvalue weighted by Gasteiger charge is 2.39. The summed E-state index contributed by atoms with van der Waals surface area (Å²) in [6.07, 6.45) is 0.488. The van der Waals surface area contributed by atoms with Crippen LogP contribution in [-0.2, 0) is 4.74 Å². The molecule has 1 saturated heterocycles. The van der Waals surface area contributed by atoms with Crippen molar-refractivity contribution in [3.8, 4) is 5.75 Å². The molecule has 0 spiro atoms. The standard InChI is InChI=1S/C13H16N2O5/c1-8-13(2,6-7-20-8)14-12(17)9-4-3-5-10(11(9)16)15(18)19/h3-5,8,16H,6-7H2,1-2H3,(H,14,17). The summed E-state index contributed by atoms with van der Waals surface area (Å²) >= 11 is 0. The Bertz CT molecular complexity index is 560. The largest absolute Gasteiger partial charge is 0.502 e. The van der Waals surface area contributed by atoms with E-state index in [4.69, 9.17) is 4.74 Å². The number of nitrogens with one attached hydrogen (secondary N) is 1. The average molecular weight is 280 g/mol. The lowest BCUT2D eigenvalue weighted by Crippen LogP contribution is -2.50. The summed E-state index contributed by atoms with van der Waals surface area (Å²) in [5, 5.41) is 23.4. The summed E-state index contributed by atoms with van der Waals surface area (Å²) in [7, 11) is 0. The first-order valence-electron chi connectivity index (χ1n) is 6.25. The third-order valence-electron chi connectivity index (χ3n) is 3.74. The van der Waals surface area contributed by atoms with E-state index in [1.807, 2.05) is 13.8 Å². The number of para-hydroxylation sites is 1. The second-order valence-corrected chi connectivity index (χ2v) is 5.07. The molecule has 1 aromatic carbocycles. The van der Waals surface area contributed by atoms with E-state index in [0.29, 0.717) is 13.0 Å². The van der Waals surface area contributed by atoms with Gasteiger partial charge in [-0.05, 0) is 26.3 Å². The molecule has 2 unspecified atom stereocenters. The number of amides is 1. The Morgan fingerprint density at radius 2 is 2.30 bits per heavy atom. The van der Waals surface area contributed by atoms with Crippen LogP contribution in [0, 0.1) is 10.1 Å². The highest BCUT2D eigenvalue weighted by Crippen LogP contribution is 2.31. The molecule has 1 aliphatic heterocycles. The quantitative estimate of drug-likeness (QED) is 0.646. The molecule has 1 aliphatic rings. The van der Waals surface area contributed by atoms with Crippen LogP contribution < -0.4 is 5.32 Å². The number of nitro groups is 1. The zero-order valence-corrected chi connectivity index (χ0v) is 11.3. The molecule has 1 amide bonds. The van der Waals surface area contributed by atoms with Gasteiger partial charge in [-0.15, -0.1) is 0 Å². The van der Waals surface area contributed by atoms with Crippen molar-refractivity contribution in [3.63, 3.8) is 0 Å². The SMILES string of the molecule is CC1OCCC1(C)NC(=O)c1cccc([N+](=O)[O-])c1O. The zero-order chi connectivity index (χ0) is 14.9. The van der Waals surface area contributed by atoms with E-state index in [-0.39, 0.29) is 11.7 Å². The Morgan fingerprint density at radius 1 is 1.60 bits per heavy atom. The molecule has 0 saturated carbocycles. The van der Waals surface area contributed by atoms with Crippen LogP contribution in [0.2, 0.25) is 0 Å². The minimum absolute atomic E-state index is 0.112. The normalized spacial score (nSPS) is 25.4. The lowest BCUT2D eigenvalue weighted by atomic mass is 9.94. The van der Waals surface area contributed by atoms with Crippen LogP contribution in [0.25, 0.3) is 0 Å². The minimum atomic E-state index is -0.727. The first-order valence-corrected chi connectivity index (χ1v) is 6.25. The molecule has 0 aromatic heterocycles. The van der Waals surface area contributed by atoms with Gasteiger partial charge in [0.15, 0.2) is 0 Å². The molecule has 0 radical (unpaired) electrons. The van der Waals surface area contributed by atoms with Crippen molar-refractivity contribution in [1.29, 1.82) is 0 Å². The van der Waals surface area contributed by atoms with Gasteiger partial charge < -0.3 is 15.2 Å². The third-order valence-corrected chi connectivity index (χ3v) is 3.74. The van der Waals surface area contributed by atoms with Gasteiger partial charge in [-0.1, -0.05) is 6.07 Å². The first-order chi connectivity index (χ1) is 9.35. The predicted octanol–water partition coefficient (Wildman–Crippen LogP) is 1.60. The van der Waals surface area contributed by atoms with Crippen molar-refractivity contribution in [3.05, 3.63) is 33.9 Å². The van der Waals surface area contributed by atoms with Crippen LogP contribution in [0.5, 0.6) is 5.75 Å². The summed E-state index contributed by atoms with van der Waals surface area (Å²) in [4.78, 5) is 22.2. The smallest absolute Gasteiger partial charge is 0.311 e. The predicted molar refractivity (Wildman–Crippen MR) is 70.7 cm³/mol. The van der Waals surface area contributed by atoms with Gasteiger partial charge in [0, 0.05) is 12.7 Å². The Kier molecular flexibility index (Phi) is 3.63. The molecule has 0 bridgehead atoms. The number of rotatable bonds is 3. The monoisotopic (exact) mass is 280 g/mol. The van der Waals surface area contributed by atoms with Gasteiger partial charge in [-0.25, -0.2) is 0 Å². The minimum Gasteiger partial charge on any atom is -0.502 e. The lowest BCUT2D eigenvalue weighted by Gasteiger charge is -2.28. The van der Waals surface area contributed by atoms with Crippen molar-refractivity contribution in [1.82, 2.24) is 5.32 Å². The molecule has 1 aromatic rings. The number of aromatic hydroxyl groups is 1. The molecular formula is C13H16N2O5. The van der Waals surface area contributed by atoms with Gasteiger partial charge in [0.05, 0.1) is 22.1 Å². The summed E-state index contributed by atoms with van der Waals surface area (Å²) in [5.74, 6) is -1.17. The molecule has 2 N–H and O–H groups in total. The number of carbonyl (C=O) groups excluding carboxylic acids is 1. The molecular weight excluding hydrogens is 264 g/mol. The van der Waals surface area contributed by atoms with Gasteiger partial charge >= 0.3 is 5.69 Å². The molecule has 0 aliphatic carbocycles. The van der Waals surface area contributed by atoms with E-state index in [1.165, 1.54) is 12.1 Å². The van der Waals surface area contributed by atoms with Crippen molar-refractivity contribution in [2.24, 2.45) is 0 Å². The Balaban J connectivity index is 2.26. The number of nitrogens with zero attached hydrogens (tertiary/aromatic N) is 1. The number of phenols is 1. The van der Waals surface area contributed by atoms with Crippen LogP contribution in [0.4, 0.5) is 5.69 Å². The molecule has 1 heterocycles. The maximum Gasteiger partial charge on any atom is 0.311 e. The van der Waals surface area contributed by atoms with Crippen molar-refractivity contribution in [2.45, 2.75) is 31.9 Å². The maximum absolute atomic E-state index is 12.2. The maximum atomic E-state index is 12.2. The van der Waals surface area contributed by atoms with Crippen LogP contribution in [0.15, 0.2) is 18.2 Å². The average Bonchev–Trinajstić information content (AvgIpc) is 2.69. The van der Waals surface area contributed by atoms with Gasteiger partial charge in [-0.2, -0.15) is 0 Å². The van der Waals surface area contributed by atoms with Gasteiger partial charge in [0.25, 0.3) is 5.91 Å². The topological polar surface area (TPSA) is 102 Å². The number of phenolic OH excluding ortho intramolecular Hbond substituents is 1. The number of hydrogen-bond donors (Lipinski definition) is 2. The summed E-state index contributed by atoms with van der Waals surface area (Å²) < 4.78 is 5.41. The lowest BCUT2D eigenvalue weighted by molar-refractivity contribution is -0.385. The number of ether oxygens (including phenoxy) is 1. The van der Waals surface area contributed by atoms with Gasteiger partial charge in [0.1, 0.15) is 0 Å². The number of hydrogen-bond acceptors (Lipinski definition) is 5. The van der Waals surface area contributed by atoms with E-state index < -0.39 is 27.8 Å². The fourth-order valence-electron chi connectivity index (χ4n) is 2.19. The molecule has 7 heteroatoms. The summed E-state index contributed by atoms with van der Waals surface area (Å²) in [5.41, 5.74) is -1.15. The molecule has 20 heavy (non-hydrogen) atoms. The highest BCUT2D eigenvalue weighted by molar-refractivity contribution is 5.98. The van der Waals surface area contributed by atoms with Gasteiger partial charge in [0.2, 0.25) is 5.75 Å². The van der Waals surface area contributed by atoms with Gasteiger partial charge in [-0.3, -0.25) is 14.9 Å². The number of benzene rings is 1.